The number of aromatic nitrogens is 3. The number of likely N-dealkylation sites (tertiary alicyclic amines) is 1. The molecule has 0 aliphatic carbocycles. The molecule has 0 amide bonds. The summed E-state index contributed by atoms with van der Waals surface area (Å²) in [5, 5.41) is 8.67. The smallest absolute Gasteiger partial charge is 0.160 e. The van der Waals surface area contributed by atoms with Gasteiger partial charge in [-0.15, -0.1) is 10.2 Å². The zero-order valence-corrected chi connectivity index (χ0v) is 10.4. The lowest BCUT2D eigenvalue weighted by Gasteiger charge is -2.28. The van der Waals surface area contributed by atoms with Crippen molar-refractivity contribution in [1.82, 2.24) is 19.5 Å². The van der Waals surface area contributed by atoms with Crippen LogP contribution in [0.5, 0.6) is 0 Å². The standard InChI is InChI=1S/C13H18N4/c1-10-5-3-7-12-14-15-13(17(10)12)11-6-4-8-16(2)9-11/h3,5,7,11H,4,6,8-9H2,1-2H3. The summed E-state index contributed by atoms with van der Waals surface area (Å²) in [6.45, 7) is 4.41. The molecule has 3 heterocycles. The first-order chi connectivity index (χ1) is 8.25. The van der Waals surface area contributed by atoms with Crippen LogP contribution in [0.4, 0.5) is 0 Å². The molecule has 0 bridgehead atoms. The van der Waals surface area contributed by atoms with E-state index in [9.17, 15) is 0 Å². The summed E-state index contributed by atoms with van der Waals surface area (Å²) >= 11 is 0. The van der Waals surface area contributed by atoms with Crippen LogP contribution in [0, 0.1) is 6.92 Å². The minimum absolute atomic E-state index is 0.518. The third kappa shape index (κ3) is 1.82. The average molecular weight is 230 g/mol. The number of likely N-dealkylation sites (N-methyl/N-ethyl adjacent to an activating group) is 1. The number of fused-ring (bicyclic) bond motifs is 1. The minimum atomic E-state index is 0.518. The van der Waals surface area contributed by atoms with Gasteiger partial charge in [0.1, 0.15) is 5.82 Å². The largest absolute Gasteiger partial charge is 0.306 e. The number of hydrogen-bond donors (Lipinski definition) is 0. The molecule has 1 unspecified atom stereocenters. The Kier molecular flexibility index (Phi) is 2.59. The van der Waals surface area contributed by atoms with Crippen LogP contribution in [0.15, 0.2) is 18.2 Å². The van der Waals surface area contributed by atoms with E-state index in [0.717, 1.165) is 18.0 Å². The normalized spacial score (nSPS) is 22.1. The molecule has 90 valence electrons. The topological polar surface area (TPSA) is 33.4 Å². The summed E-state index contributed by atoms with van der Waals surface area (Å²) in [6.07, 6.45) is 2.47. The molecule has 4 nitrogen and oxygen atoms in total. The Morgan fingerprint density at radius 1 is 1.29 bits per heavy atom. The van der Waals surface area contributed by atoms with E-state index in [-0.39, 0.29) is 0 Å². The van der Waals surface area contributed by atoms with Gasteiger partial charge in [0.15, 0.2) is 5.65 Å². The van der Waals surface area contributed by atoms with E-state index < -0.39 is 0 Å². The SMILES string of the molecule is Cc1cccc2nnc(C3CCCN(C)C3)n12. The van der Waals surface area contributed by atoms with Crippen molar-refractivity contribution in [2.75, 3.05) is 20.1 Å². The van der Waals surface area contributed by atoms with Gasteiger partial charge in [0, 0.05) is 18.2 Å². The number of aryl methyl sites for hydroxylation is 1. The Morgan fingerprint density at radius 3 is 3.00 bits per heavy atom. The molecule has 0 spiro atoms. The Bertz CT molecular complexity index is 531. The second-order valence-electron chi connectivity index (χ2n) is 5.02. The van der Waals surface area contributed by atoms with E-state index in [1.54, 1.807) is 0 Å². The van der Waals surface area contributed by atoms with E-state index in [4.69, 9.17) is 0 Å². The molecule has 1 aliphatic heterocycles. The van der Waals surface area contributed by atoms with Gasteiger partial charge < -0.3 is 4.90 Å². The molecule has 1 fully saturated rings. The van der Waals surface area contributed by atoms with Crippen molar-refractivity contribution < 1.29 is 0 Å². The molecule has 17 heavy (non-hydrogen) atoms. The lowest BCUT2D eigenvalue weighted by Crippen LogP contribution is -2.31. The summed E-state index contributed by atoms with van der Waals surface area (Å²) in [4.78, 5) is 2.38. The summed E-state index contributed by atoms with van der Waals surface area (Å²) in [6, 6.07) is 6.18. The lowest BCUT2D eigenvalue weighted by molar-refractivity contribution is 0.245. The van der Waals surface area contributed by atoms with Crippen molar-refractivity contribution in [1.29, 1.82) is 0 Å². The Labute approximate surface area is 101 Å². The third-order valence-corrected chi connectivity index (χ3v) is 3.64. The molecular weight excluding hydrogens is 212 g/mol. The molecule has 4 heteroatoms. The molecule has 1 atom stereocenters. The fraction of sp³-hybridized carbons (Fsp3) is 0.538. The second kappa shape index (κ2) is 4.11. The van der Waals surface area contributed by atoms with E-state index >= 15 is 0 Å². The zero-order chi connectivity index (χ0) is 11.8. The number of nitrogens with zero attached hydrogens (tertiary/aromatic N) is 4. The third-order valence-electron chi connectivity index (χ3n) is 3.64. The highest BCUT2D eigenvalue weighted by atomic mass is 15.3. The van der Waals surface area contributed by atoms with Gasteiger partial charge in [-0.3, -0.25) is 4.40 Å². The van der Waals surface area contributed by atoms with Gasteiger partial charge >= 0.3 is 0 Å². The molecule has 0 aromatic carbocycles. The van der Waals surface area contributed by atoms with Crippen molar-refractivity contribution >= 4 is 5.65 Å². The van der Waals surface area contributed by atoms with Crippen LogP contribution in [-0.2, 0) is 0 Å². The molecule has 3 rings (SSSR count). The molecule has 0 N–H and O–H groups in total. The van der Waals surface area contributed by atoms with Crippen LogP contribution < -0.4 is 0 Å². The van der Waals surface area contributed by atoms with Gasteiger partial charge in [-0.1, -0.05) is 6.07 Å². The molecule has 1 aliphatic rings. The lowest BCUT2D eigenvalue weighted by atomic mass is 9.97. The van der Waals surface area contributed by atoms with Crippen LogP contribution >= 0.6 is 0 Å². The maximum atomic E-state index is 4.40. The number of hydrogen-bond acceptors (Lipinski definition) is 3. The van der Waals surface area contributed by atoms with Gasteiger partial charge in [-0.05, 0) is 45.5 Å². The van der Waals surface area contributed by atoms with E-state index in [0.29, 0.717) is 5.92 Å². The molecule has 0 saturated carbocycles. The van der Waals surface area contributed by atoms with Gasteiger partial charge in [0.05, 0.1) is 0 Å². The van der Waals surface area contributed by atoms with E-state index in [1.165, 1.54) is 25.1 Å². The predicted octanol–water partition coefficient (Wildman–Crippen LogP) is 1.85. The van der Waals surface area contributed by atoms with Gasteiger partial charge in [-0.25, -0.2) is 0 Å². The van der Waals surface area contributed by atoms with Crippen molar-refractivity contribution in [3.63, 3.8) is 0 Å². The zero-order valence-electron chi connectivity index (χ0n) is 10.4. The predicted molar refractivity (Wildman–Crippen MR) is 67.2 cm³/mol. The Morgan fingerprint density at radius 2 is 2.18 bits per heavy atom. The summed E-state index contributed by atoms with van der Waals surface area (Å²) in [5.41, 5.74) is 2.18. The molecular formula is C13H18N4. The van der Waals surface area contributed by atoms with Crippen molar-refractivity contribution in [3.8, 4) is 0 Å². The first-order valence-electron chi connectivity index (χ1n) is 6.25. The maximum Gasteiger partial charge on any atom is 0.160 e. The highest BCUT2D eigenvalue weighted by Gasteiger charge is 2.23. The number of piperidine rings is 1. The first-order valence-corrected chi connectivity index (χ1v) is 6.25. The fourth-order valence-electron chi connectivity index (χ4n) is 2.77. The van der Waals surface area contributed by atoms with Gasteiger partial charge in [0.2, 0.25) is 0 Å². The van der Waals surface area contributed by atoms with Gasteiger partial charge in [0.25, 0.3) is 0 Å². The fourth-order valence-corrected chi connectivity index (χ4v) is 2.77. The van der Waals surface area contributed by atoms with Crippen molar-refractivity contribution in [3.05, 3.63) is 29.7 Å². The highest BCUT2D eigenvalue weighted by Crippen LogP contribution is 2.25. The van der Waals surface area contributed by atoms with Crippen LogP contribution in [0.25, 0.3) is 5.65 Å². The monoisotopic (exact) mass is 230 g/mol. The Balaban J connectivity index is 2.05. The molecule has 1 saturated heterocycles. The summed E-state index contributed by atoms with van der Waals surface area (Å²) < 4.78 is 2.20. The Hall–Kier alpha value is -1.42. The van der Waals surface area contributed by atoms with Crippen molar-refractivity contribution in [2.24, 2.45) is 0 Å². The number of pyridine rings is 1. The van der Waals surface area contributed by atoms with E-state index in [1.807, 2.05) is 12.1 Å². The van der Waals surface area contributed by atoms with Crippen LogP contribution in [0.2, 0.25) is 0 Å². The molecule has 2 aromatic heterocycles. The maximum absolute atomic E-state index is 4.40. The van der Waals surface area contributed by atoms with Gasteiger partial charge in [-0.2, -0.15) is 0 Å². The number of rotatable bonds is 1. The quantitative estimate of drug-likeness (QED) is 0.749. The average Bonchev–Trinajstić information content (AvgIpc) is 2.74. The summed E-state index contributed by atoms with van der Waals surface area (Å²) in [5.74, 6) is 1.65. The summed E-state index contributed by atoms with van der Waals surface area (Å²) in [7, 11) is 2.18. The van der Waals surface area contributed by atoms with Crippen LogP contribution in [0.3, 0.4) is 0 Å². The van der Waals surface area contributed by atoms with Crippen LogP contribution in [-0.4, -0.2) is 39.6 Å². The van der Waals surface area contributed by atoms with E-state index in [2.05, 4.69) is 39.5 Å². The highest BCUT2D eigenvalue weighted by molar-refractivity contribution is 5.40. The first kappa shape index (κ1) is 10.7. The minimum Gasteiger partial charge on any atom is -0.306 e. The van der Waals surface area contributed by atoms with Crippen molar-refractivity contribution in [2.45, 2.75) is 25.7 Å². The second-order valence-corrected chi connectivity index (χ2v) is 5.02. The van der Waals surface area contributed by atoms with Crippen LogP contribution in [0.1, 0.15) is 30.3 Å². The molecule has 0 radical (unpaired) electrons. The molecule has 2 aromatic rings.